The number of nitrogens with zero attached hydrogens (tertiary/aromatic N) is 1. The van der Waals surface area contributed by atoms with E-state index in [2.05, 4.69) is 0 Å². The van der Waals surface area contributed by atoms with Crippen LogP contribution in [0.15, 0.2) is 96.6 Å². The van der Waals surface area contributed by atoms with E-state index in [1.807, 2.05) is 30.3 Å². The largest absolute Gasteiger partial charge is 0.421 e. The molecule has 0 aliphatic rings. The van der Waals surface area contributed by atoms with Gasteiger partial charge < -0.3 is 8.98 Å². The molecule has 0 amide bonds. The van der Waals surface area contributed by atoms with Crippen LogP contribution >= 0.6 is 0 Å². The second-order valence-electron chi connectivity index (χ2n) is 6.66. The third-order valence-electron chi connectivity index (χ3n) is 4.71. The smallest absolute Gasteiger partial charge is 0.355 e. The van der Waals surface area contributed by atoms with Crippen molar-refractivity contribution in [3.63, 3.8) is 0 Å². The summed E-state index contributed by atoms with van der Waals surface area (Å²) in [6, 6.07) is 19.7. The molecule has 0 aliphatic heterocycles. The van der Waals surface area contributed by atoms with Crippen LogP contribution in [0.1, 0.15) is 11.3 Å². The minimum atomic E-state index is -4.11. The van der Waals surface area contributed by atoms with Crippen LogP contribution in [0.3, 0.4) is 0 Å². The van der Waals surface area contributed by atoms with Crippen molar-refractivity contribution in [3.05, 3.63) is 105 Å². The zero-order valence-electron chi connectivity index (χ0n) is 15.5. The quantitative estimate of drug-likeness (QED) is 0.519. The highest BCUT2D eigenvalue weighted by atomic mass is 32.2. The number of fused-ring (bicyclic) bond motifs is 1. The molecule has 0 saturated carbocycles. The van der Waals surface area contributed by atoms with Gasteiger partial charge in [-0.3, -0.25) is 4.79 Å². The van der Waals surface area contributed by atoms with Crippen LogP contribution in [0.25, 0.3) is 11.0 Å². The van der Waals surface area contributed by atoms with Crippen LogP contribution in [-0.4, -0.2) is 13.0 Å². The molecule has 0 N–H and O–H groups in total. The standard InChI is InChI=1S/C22H17NO5S/c1-15-12-19-18(21(24)23(15)14-16-8-4-2-5-9-16)13-20(22(25)28-19)29(26,27)17-10-6-3-7-11-17/h2-13H,14H2,1H3. The summed E-state index contributed by atoms with van der Waals surface area (Å²) in [5, 5.41) is 0.0423. The van der Waals surface area contributed by atoms with Gasteiger partial charge in [0.2, 0.25) is 9.84 Å². The summed E-state index contributed by atoms with van der Waals surface area (Å²) in [7, 11) is -4.11. The molecule has 0 radical (unpaired) electrons. The van der Waals surface area contributed by atoms with Crippen molar-refractivity contribution in [1.82, 2.24) is 4.57 Å². The van der Waals surface area contributed by atoms with Crippen LogP contribution in [0.2, 0.25) is 0 Å². The van der Waals surface area contributed by atoms with Gasteiger partial charge in [-0.15, -0.1) is 0 Å². The van der Waals surface area contributed by atoms with E-state index < -0.39 is 25.9 Å². The van der Waals surface area contributed by atoms with Gasteiger partial charge >= 0.3 is 5.63 Å². The number of aromatic nitrogens is 1. The third kappa shape index (κ3) is 3.40. The van der Waals surface area contributed by atoms with E-state index in [1.54, 1.807) is 31.2 Å². The van der Waals surface area contributed by atoms with E-state index in [9.17, 15) is 18.0 Å². The average Bonchev–Trinajstić information content (AvgIpc) is 2.72. The van der Waals surface area contributed by atoms with E-state index in [1.165, 1.54) is 16.7 Å². The molecule has 29 heavy (non-hydrogen) atoms. The van der Waals surface area contributed by atoms with Crippen molar-refractivity contribution < 1.29 is 12.8 Å². The monoisotopic (exact) mass is 407 g/mol. The maximum atomic E-state index is 13.1. The number of pyridine rings is 1. The zero-order valence-corrected chi connectivity index (χ0v) is 16.3. The number of hydrogen-bond acceptors (Lipinski definition) is 5. The van der Waals surface area contributed by atoms with Gasteiger partial charge in [0, 0.05) is 11.8 Å². The number of hydrogen-bond donors (Lipinski definition) is 0. The van der Waals surface area contributed by atoms with Gasteiger partial charge in [-0.2, -0.15) is 0 Å². The van der Waals surface area contributed by atoms with E-state index in [-0.39, 0.29) is 15.9 Å². The topological polar surface area (TPSA) is 86.3 Å². The summed E-state index contributed by atoms with van der Waals surface area (Å²) in [6.45, 7) is 2.06. The summed E-state index contributed by atoms with van der Waals surface area (Å²) in [6.07, 6.45) is 0. The first-order valence-electron chi connectivity index (χ1n) is 8.90. The molecule has 2 aromatic heterocycles. The van der Waals surface area contributed by atoms with Gasteiger partial charge in [0.15, 0.2) is 4.90 Å². The highest BCUT2D eigenvalue weighted by Crippen LogP contribution is 2.21. The van der Waals surface area contributed by atoms with Crippen molar-refractivity contribution in [1.29, 1.82) is 0 Å². The second-order valence-corrected chi connectivity index (χ2v) is 8.57. The molecule has 0 atom stereocenters. The molecule has 0 unspecified atom stereocenters. The number of aryl methyl sites for hydroxylation is 1. The van der Waals surface area contributed by atoms with E-state index >= 15 is 0 Å². The van der Waals surface area contributed by atoms with Crippen LogP contribution < -0.4 is 11.2 Å². The van der Waals surface area contributed by atoms with Gasteiger partial charge in [-0.05, 0) is 30.7 Å². The Labute approximate surface area is 166 Å². The van der Waals surface area contributed by atoms with Gasteiger partial charge in [-0.1, -0.05) is 48.5 Å². The Balaban J connectivity index is 1.93. The van der Waals surface area contributed by atoms with E-state index in [0.29, 0.717) is 12.2 Å². The fraction of sp³-hybridized carbons (Fsp3) is 0.0909. The third-order valence-corrected chi connectivity index (χ3v) is 6.47. The lowest BCUT2D eigenvalue weighted by Crippen LogP contribution is -2.24. The maximum Gasteiger partial charge on any atom is 0.355 e. The number of sulfone groups is 1. The Morgan fingerprint density at radius 3 is 2.17 bits per heavy atom. The molecule has 2 heterocycles. The molecule has 0 spiro atoms. The Hall–Kier alpha value is -3.45. The summed E-state index contributed by atoms with van der Waals surface area (Å²) in [4.78, 5) is 24.9. The van der Waals surface area contributed by atoms with Crippen LogP contribution in [0, 0.1) is 6.92 Å². The van der Waals surface area contributed by atoms with Crippen molar-refractivity contribution in [2.75, 3.05) is 0 Å². The molecular weight excluding hydrogens is 390 g/mol. The van der Waals surface area contributed by atoms with Crippen molar-refractivity contribution in [3.8, 4) is 0 Å². The first-order valence-corrected chi connectivity index (χ1v) is 10.4. The Morgan fingerprint density at radius 2 is 1.52 bits per heavy atom. The molecule has 0 saturated heterocycles. The Morgan fingerprint density at radius 1 is 0.897 bits per heavy atom. The molecule has 4 rings (SSSR count). The van der Waals surface area contributed by atoms with Gasteiger partial charge in [0.05, 0.1) is 16.8 Å². The Bertz CT molecular complexity index is 1420. The minimum absolute atomic E-state index is 0.0385. The summed E-state index contributed by atoms with van der Waals surface area (Å²) in [5.74, 6) is 0. The maximum absolute atomic E-state index is 13.1. The highest BCUT2D eigenvalue weighted by Gasteiger charge is 2.24. The molecular formula is C22H17NO5S. The Kier molecular flexibility index (Phi) is 4.68. The lowest BCUT2D eigenvalue weighted by molar-refractivity contribution is 0.530. The summed E-state index contributed by atoms with van der Waals surface area (Å²) in [5.41, 5.74) is 0.173. The van der Waals surface area contributed by atoms with Gasteiger partial charge in [0.1, 0.15) is 5.58 Å². The second kappa shape index (κ2) is 7.18. The lowest BCUT2D eigenvalue weighted by atomic mass is 10.2. The SMILES string of the molecule is Cc1cc2oc(=O)c(S(=O)(=O)c3ccccc3)cc2c(=O)n1Cc1ccccc1. The molecule has 0 aliphatic carbocycles. The molecule has 2 aromatic carbocycles. The molecule has 0 bridgehead atoms. The fourth-order valence-electron chi connectivity index (χ4n) is 3.19. The predicted molar refractivity (Wildman–Crippen MR) is 109 cm³/mol. The number of rotatable bonds is 4. The average molecular weight is 407 g/mol. The van der Waals surface area contributed by atoms with Gasteiger partial charge in [0.25, 0.3) is 5.56 Å². The van der Waals surface area contributed by atoms with Crippen LogP contribution in [0.4, 0.5) is 0 Å². The fourth-order valence-corrected chi connectivity index (χ4v) is 4.49. The van der Waals surface area contributed by atoms with Crippen molar-refractivity contribution >= 4 is 20.8 Å². The zero-order chi connectivity index (χ0) is 20.6. The first-order chi connectivity index (χ1) is 13.9. The lowest BCUT2D eigenvalue weighted by Gasteiger charge is -2.12. The normalized spacial score (nSPS) is 11.6. The summed E-state index contributed by atoms with van der Waals surface area (Å²) < 4.78 is 32.5. The number of benzene rings is 2. The molecule has 4 aromatic rings. The molecule has 7 heteroatoms. The predicted octanol–water partition coefficient (Wildman–Crippen LogP) is 3.14. The highest BCUT2D eigenvalue weighted by molar-refractivity contribution is 7.91. The molecule has 6 nitrogen and oxygen atoms in total. The first kappa shape index (κ1) is 18.9. The minimum Gasteiger partial charge on any atom is -0.421 e. The summed E-state index contributed by atoms with van der Waals surface area (Å²) >= 11 is 0. The van der Waals surface area contributed by atoms with E-state index in [0.717, 1.165) is 11.6 Å². The molecule has 146 valence electrons. The molecule has 0 fully saturated rings. The van der Waals surface area contributed by atoms with E-state index in [4.69, 9.17) is 4.42 Å². The van der Waals surface area contributed by atoms with Gasteiger partial charge in [-0.25, -0.2) is 13.2 Å². The van der Waals surface area contributed by atoms with Crippen molar-refractivity contribution in [2.45, 2.75) is 23.3 Å². The van der Waals surface area contributed by atoms with Crippen molar-refractivity contribution in [2.24, 2.45) is 0 Å². The van der Waals surface area contributed by atoms with Crippen LogP contribution in [-0.2, 0) is 16.4 Å². The van der Waals surface area contributed by atoms with Crippen LogP contribution in [0.5, 0.6) is 0 Å².